The standard InChI is InChI=1S/C15H21NO3/c1-4-10(3)13(15(18)19)16-14(17)12-9-7-6-8-11(12)5-2/h6-10,13H,4-5H2,1-3H3,(H,16,17)(H,18,19)/t10-,13-/m0/s1. The zero-order valence-corrected chi connectivity index (χ0v) is 11.6. The highest BCUT2D eigenvalue weighted by Crippen LogP contribution is 2.12. The Balaban J connectivity index is 2.91. The van der Waals surface area contributed by atoms with Crippen molar-refractivity contribution in [1.29, 1.82) is 0 Å². The normalized spacial score (nSPS) is 13.6. The lowest BCUT2D eigenvalue weighted by Gasteiger charge is -2.20. The quantitative estimate of drug-likeness (QED) is 0.828. The highest BCUT2D eigenvalue weighted by Gasteiger charge is 2.26. The SMILES string of the molecule is CCc1ccccc1C(=O)N[C@H](C(=O)O)[C@@H](C)CC. The molecular weight excluding hydrogens is 242 g/mol. The summed E-state index contributed by atoms with van der Waals surface area (Å²) in [6.07, 6.45) is 1.44. The number of hydrogen-bond donors (Lipinski definition) is 2. The maximum atomic E-state index is 12.2. The number of carbonyl (C=O) groups is 2. The maximum absolute atomic E-state index is 12.2. The van der Waals surface area contributed by atoms with Crippen LogP contribution in [0.3, 0.4) is 0 Å². The molecule has 1 amide bonds. The van der Waals surface area contributed by atoms with E-state index in [0.29, 0.717) is 12.0 Å². The third-order valence-electron chi connectivity index (χ3n) is 3.41. The molecule has 0 spiro atoms. The molecule has 2 atom stereocenters. The highest BCUT2D eigenvalue weighted by atomic mass is 16.4. The van der Waals surface area contributed by atoms with Gasteiger partial charge in [-0.05, 0) is 24.0 Å². The van der Waals surface area contributed by atoms with E-state index in [0.717, 1.165) is 12.0 Å². The fourth-order valence-electron chi connectivity index (χ4n) is 1.95. The van der Waals surface area contributed by atoms with E-state index in [1.54, 1.807) is 12.1 Å². The zero-order valence-electron chi connectivity index (χ0n) is 11.6. The van der Waals surface area contributed by atoms with Gasteiger partial charge in [-0.3, -0.25) is 4.79 Å². The van der Waals surface area contributed by atoms with Crippen molar-refractivity contribution in [2.45, 2.75) is 39.7 Å². The Morgan fingerprint density at radius 2 is 1.89 bits per heavy atom. The van der Waals surface area contributed by atoms with Crippen LogP contribution in [-0.4, -0.2) is 23.0 Å². The van der Waals surface area contributed by atoms with E-state index in [4.69, 9.17) is 0 Å². The van der Waals surface area contributed by atoms with Crippen molar-refractivity contribution in [2.24, 2.45) is 5.92 Å². The molecule has 0 saturated heterocycles. The first-order valence-electron chi connectivity index (χ1n) is 6.62. The first-order valence-corrected chi connectivity index (χ1v) is 6.62. The Bertz CT molecular complexity index is 456. The van der Waals surface area contributed by atoms with Gasteiger partial charge in [-0.25, -0.2) is 4.79 Å². The van der Waals surface area contributed by atoms with E-state index in [-0.39, 0.29) is 11.8 Å². The maximum Gasteiger partial charge on any atom is 0.326 e. The van der Waals surface area contributed by atoms with Crippen LogP contribution in [0.4, 0.5) is 0 Å². The predicted molar refractivity (Wildman–Crippen MR) is 74.2 cm³/mol. The van der Waals surface area contributed by atoms with Crippen molar-refractivity contribution in [3.8, 4) is 0 Å². The van der Waals surface area contributed by atoms with E-state index >= 15 is 0 Å². The van der Waals surface area contributed by atoms with Crippen molar-refractivity contribution in [3.63, 3.8) is 0 Å². The summed E-state index contributed by atoms with van der Waals surface area (Å²) in [6.45, 7) is 5.70. The van der Waals surface area contributed by atoms with E-state index in [9.17, 15) is 14.7 Å². The number of aryl methyl sites for hydroxylation is 1. The topological polar surface area (TPSA) is 66.4 Å². The summed E-state index contributed by atoms with van der Waals surface area (Å²) >= 11 is 0. The Kier molecular flexibility index (Phi) is 5.55. The molecule has 19 heavy (non-hydrogen) atoms. The lowest BCUT2D eigenvalue weighted by Crippen LogP contribution is -2.45. The molecule has 0 bridgehead atoms. The summed E-state index contributed by atoms with van der Waals surface area (Å²) in [5.74, 6) is -1.41. The summed E-state index contributed by atoms with van der Waals surface area (Å²) < 4.78 is 0. The lowest BCUT2D eigenvalue weighted by atomic mass is 9.98. The molecule has 0 aliphatic heterocycles. The monoisotopic (exact) mass is 263 g/mol. The molecule has 0 heterocycles. The van der Waals surface area contributed by atoms with Gasteiger partial charge in [0, 0.05) is 5.56 Å². The Morgan fingerprint density at radius 1 is 1.26 bits per heavy atom. The first-order chi connectivity index (χ1) is 9.01. The van der Waals surface area contributed by atoms with Crippen LogP contribution in [0.1, 0.15) is 43.1 Å². The van der Waals surface area contributed by atoms with Gasteiger partial charge in [0.15, 0.2) is 0 Å². The molecule has 0 aliphatic carbocycles. The highest BCUT2D eigenvalue weighted by molar-refractivity contribution is 5.97. The molecule has 1 aromatic rings. The van der Waals surface area contributed by atoms with E-state index < -0.39 is 12.0 Å². The van der Waals surface area contributed by atoms with Crippen molar-refractivity contribution in [3.05, 3.63) is 35.4 Å². The molecule has 0 saturated carbocycles. The number of carboxylic acid groups (broad SMARTS) is 1. The van der Waals surface area contributed by atoms with Crippen LogP contribution in [0.2, 0.25) is 0 Å². The van der Waals surface area contributed by atoms with Crippen LogP contribution >= 0.6 is 0 Å². The van der Waals surface area contributed by atoms with Gasteiger partial charge < -0.3 is 10.4 Å². The third-order valence-corrected chi connectivity index (χ3v) is 3.41. The van der Waals surface area contributed by atoms with Gasteiger partial charge in [0.05, 0.1) is 0 Å². The second-order valence-electron chi connectivity index (χ2n) is 4.69. The van der Waals surface area contributed by atoms with Crippen LogP contribution in [-0.2, 0) is 11.2 Å². The minimum absolute atomic E-state index is 0.102. The van der Waals surface area contributed by atoms with Gasteiger partial charge >= 0.3 is 5.97 Å². The van der Waals surface area contributed by atoms with Crippen LogP contribution in [0, 0.1) is 5.92 Å². The van der Waals surface area contributed by atoms with Gasteiger partial charge in [-0.15, -0.1) is 0 Å². The predicted octanol–water partition coefficient (Wildman–Crippen LogP) is 2.48. The van der Waals surface area contributed by atoms with Crippen LogP contribution < -0.4 is 5.32 Å². The average molecular weight is 263 g/mol. The van der Waals surface area contributed by atoms with Gasteiger partial charge in [-0.1, -0.05) is 45.4 Å². The molecule has 104 valence electrons. The molecule has 0 aliphatic rings. The van der Waals surface area contributed by atoms with E-state index in [2.05, 4.69) is 5.32 Å². The number of amides is 1. The zero-order chi connectivity index (χ0) is 14.4. The number of carbonyl (C=O) groups excluding carboxylic acids is 1. The second kappa shape index (κ2) is 6.92. The van der Waals surface area contributed by atoms with Crippen molar-refractivity contribution < 1.29 is 14.7 Å². The first kappa shape index (κ1) is 15.2. The smallest absolute Gasteiger partial charge is 0.326 e. The molecule has 4 heteroatoms. The van der Waals surface area contributed by atoms with Gasteiger partial charge in [0.25, 0.3) is 5.91 Å². The molecular formula is C15H21NO3. The van der Waals surface area contributed by atoms with Crippen LogP contribution in [0.15, 0.2) is 24.3 Å². The number of aliphatic carboxylic acids is 1. The number of carboxylic acids is 1. The van der Waals surface area contributed by atoms with Crippen LogP contribution in [0.5, 0.6) is 0 Å². The Labute approximate surface area is 113 Å². The fourth-order valence-corrected chi connectivity index (χ4v) is 1.95. The fraction of sp³-hybridized carbons (Fsp3) is 0.467. The van der Waals surface area contributed by atoms with Gasteiger partial charge in [-0.2, -0.15) is 0 Å². The number of benzene rings is 1. The summed E-state index contributed by atoms with van der Waals surface area (Å²) in [6, 6.07) is 6.42. The largest absolute Gasteiger partial charge is 0.480 e. The van der Waals surface area contributed by atoms with Gasteiger partial charge in [0.2, 0.25) is 0 Å². The summed E-state index contributed by atoms with van der Waals surface area (Å²) in [5, 5.41) is 11.8. The molecule has 1 rings (SSSR count). The molecule has 0 fully saturated rings. The van der Waals surface area contributed by atoms with Crippen molar-refractivity contribution in [1.82, 2.24) is 5.32 Å². The third kappa shape index (κ3) is 3.81. The summed E-state index contributed by atoms with van der Waals surface area (Å²) in [5.41, 5.74) is 1.48. The Morgan fingerprint density at radius 3 is 2.42 bits per heavy atom. The molecule has 0 radical (unpaired) electrons. The second-order valence-corrected chi connectivity index (χ2v) is 4.69. The van der Waals surface area contributed by atoms with Gasteiger partial charge in [0.1, 0.15) is 6.04 Å². The van der Waals surface area contributed by atoms with E-state index in [1.807, 2.05) is 32.9 Å². The minimum Gasteiger partial charge on any atom is -0.480 e. The molecule has 1 aromatic carbocycles. The summed E-state index contributed by atoms with van der Waals surface area (Å²) in [4.78, 5) is 23.4. The number of rotatable bonds is 6. The summed E-state index contributed by atoms with van der Waals surface area (Å²) in [7, 11) is 0. The van der Waals surface area contributed by atoms with E-state index in [1.165, 1.54) is 0 Å². The molecule has 2 N–H and O–H groups in total. The molecule has 0 aromatic heterocycles. The van der Waals surface area contributed by atoms with Crippen LogP contribution in [0.25, 0.3) is 0 Å². The molecule has 4 nitrogen and oxygen atoms in total. The van der Waals surface area contributed by atoms with Crippen molar-refractivity contribution in [2.75, 3.05) is 0 Å². The molecule has 0 unspecified atom stereocenters. The lowest BCUT2D eigenvalue weighted by molar-refractivity contribution is -0.140. The Hall–Kier alpha value is -1.84. The number of nitrogens with one attached hydrogen (secondary N) is 1. The average Bonchev–Trinajstić information content (AvgIpc) is 2.43. The number of hydrogen-bond acceptors (Lipinski definition) is 2. The van der Waals surface area contributed by atoms with Crippen molar-refractivity contribution >= 4 is 11.9 Å². The minimum atomic E-state index is -0.989.